The molecule has 182 valence electrons. The van der Waals surface area contributed by atoms with Crippen molar-refractivity contribution in [3.05, 3.63) is 86.9 Å². The van der Waals surface area contributed by atoms with Gasteiger partial charge in [0.25, 0.3) is 0 Å². The standard InChI is InChI=1S/C21H13F5N4O4S/c1-10-17(35-18(28-10)21(25,26)19(31)32)34-16-6-5-11(7-15(16)24)30-20(33)29(9-27-30)8-12-13(22)3-2-4-14(12)23/h2-7,9H,8H2,1H3,(H,31,32). The van der Waals surface area contributed by atoms with Crippen LogP contribution in [0.25, 0.3) is 5.69 Å². The van der Waals surface area contributed by atoms with Gasteiger partial charge in [0.2, 0.25) is 5.06 Å². The SMILES string of the molecule is Cc1nc(C(F)(F)C(=O)O)sc1Oc1ccc(-n2ncn(Cc3c(F)cccc3F)c2=O)cc1F. The Hall–Kier alpha value is -4.07. The Kier molecular flexibility index (Phi) is 6.15. The molecule has 35 heavy (non-hydrogen) atoms. The van der Waals surface area contributed by atoms with E-state index < -0.39 is 52.3 Å². The average Bonchev–Trinajstić information content (AvgIpc) is 3.35. The molecule has 0 unspecified atom stereocenters. The number of benzene rings is 2. The minimum atomic E-state index is -4.25. The van der Waals surface area contributed by atoms with Crippen LogP contribution >= 0.6 is 11.3 Å². The van der Waals surface area contributed by atoms with E-state index in [1.165, 1.54) is 19.1 Å². The predicted octanol–water partition coefficient (Wildman–Crippen LogP) is 4.23. The van der Waals surface area contributed by atoms with Crippen LogP contribution in [0.15, 0.2) is 47.5 Å². The number of aromatic nitrogens is 4. The van der Waals surface area contributed by atoms with E-state index >= 15 is 0 Å². The van der Waals surface area contributed by atoms with E-state index in [0.717, 1.165) is 39.8 Å². The molecule has 0 saturated heterocycles. The van der Waals surface area contributed by atoms with E-state index in [2.05, 4.69) is 10.1 Å². The van der Waals surface area contributed by atoms with E-state index in [9.17, 15) is 31.5 Å². The summed E-state index contributed by atoms with van der Waals surface area (Å²) in [5.41, 5.74) is -1.28. The number of carboxylic acid groups (broad SMARTS) is 1. The van der Waals surface area contributed by atoms with E-state index in [1.54, 1.807) is 0 Å². The number of ether oxygens (including phenoxy) is 1. The van der Waals surface area contributed by atoms with Gasteiger partial charge < -0.3 is 9.84 Å². The molecule has 0 fully saturated rings. The van der Waals surface area contributed by atoms with Crippen molar-refractivity contribution < 1.29 is 36.6 Å². The lowest BCUT2D eigenvalue weighted by molar-refractivity contribution is -0.166. The van der Waals surface area contributed by atoms with Crippen molar-refractivity contribution in [2.24, 2.45) is 0 Å². The Labute approximate surface area is 196 Å². The monoisotopic (exact) mass is 512 g/mol. The Bertz CT molecular complexity index is 1480. The number of alkyl halides is 2. The molecule has 0 spiro atoms. The lowest BCUT2D eigenvalue weighted by atomic mass is 10.2. The minimum Gasteiger partial charge on any atom is -0.476 e. The highest BCUT2D eigenvalue weighted by Crippen LogP contribution is 2.39. The second kappa shape index (κ2) is 8.94. The fourth-order valence-corrected chi connectivity index (χ4v) is 3.88. The Balaban J connectivity index is 1.59. The second-order valence-electron chi connectivity index (χ2n) is 7.14. The third kappa shape index (κ3) is 4.51. The fraction of sp³-hybridized carbons (Fsp3) is 0.143. The maximum atomic E-state index is 14.7. The summed E-state index contributed by atoms with van der Waals surface area (Å²) >= 11 is 0.245. The topological polar surface area (TPSA) is 99.2 Å². The van der Waals surface area contributed by atoms with Crippen molar-refractivity contribution in [2.45, 2.75) is 19.4 Å². The summed E-state index contributed by atoms with van der Waals surface area (Å²) in [6.45, 7) is 0.832. The maximum Gasteiger partial charge on any atom is 0.393 e. The molecule has 4 rings (SSSR count). The number of hydrogen-bond acceptors (Lipinski definition) is 6. The summed E-state index contributed by atoms with van der Waals surface area (Å²) < 4.78 is 76.8. The molecular weight excluding hydrogens is 499 g/mol. The normalized spacial score (nSPS) is 11.6. The van der Waals surface area contributed by atoms with Crippen LogP contribution in [0.5, 0.6) is 10.8 Å². The average molecular weight is 512 g/mol. The zero-order valence-electron chi connectivity index (χ0n) is 17.5. The van der Waals surface area contributed by atoms with E-state index in [1.807, 2.05) is 0 Å². The maximum absolute atomic E-state index is 14.7. The first kappa shape index (κ1) is 24.1. The van der Waals surface area contributed by atoms with Crippen LogP contribution in [-0.4, -0.2) is 30.4 Å². The Morgan fingerprint density at radius 2 is 1.83 bits per heavy atom. The van der Waals surface area contributed by atoms with Gasteiger partial charge >= 0.3 is 17.6 Å². The third-order valence-electron chi connectivity index (χ3n) is 4.78. The largest absolute Gasteiger partial charge is 0.476 e. The van der Waals surface area contributed by atoms with E-state index in [0.29, 0.717) is 0 Å². The van der Waals surface area contributed by atoms with Crippen LogP contribution < -0.4 is 10.4 Å². The number of rotatable bonds is 7. The molecule has 2 aromatic carbocycles. The van der Waals surface area contributed by atoms with Gasteiger partial charge in [-0.25, -0.2) is 27.7 Å². The van der Waals surface area contributed by atoms with Gasteiger partial charge in [0.15, 0.2) is 16.6 Å². The smallest absolute Gasteiger partial charge is 0.393 e. The Morgan fingerprint density at radius 3 is 2.46 bits per heavy atom. The summed E-state index contributed by atoms with van der Waals surface area (Å²) in [7, 11) is 0. The molecule has 0 aliphatic heterocycles. The van der Waals surface area contributed by atoms with Crippen LogP contribution in [0, 0.1) is 24.4 Å². The van der Waals surface area contributed by atoms with Crippen molar-refractivity contribution in [1.82, 2.24) is 19.3 Å². The first-order valence-electron chi connectivity index (χ1n) is 9.63. The van der Waals surface area contributed by atoms with Gasteiger partial charge in [-0.15, -0.1) is 0 Å². The van der Waals surface area contributed by atoms with Crippen molar-refractivity contribution in [2.75, 3.05) is 0 Å². The van der Waals surface area contributed by atoms with Crippen molar-refractivity contribution >= 4 is 17.3 Å². The van der Waals surface area contributed by atoms with Crippen LogP contribution in [0.1, 0.15) is 16.3 Å². The number of nitrogens with zero attached hydrogens (tertiary/aromatic N) is 4. The number of halogens is 5. The lowest BCUT2D eigenvalue weighted by Gasteiger charge is -2.07. The first-order chi connectivity index (χ1) is 16.5. The predicted molar refractivity (Wildman–Crippen MR) is 112 cm³/mol. The number of aryl methyl sites for hydroxylation is 1. The lowest BCUT2D eigenvalue weighted by Crippen LogP contribution is -2.25. The van der Waals surface area contributed by atoms with E-state index in [4.69, 9.17) is 9.84 Å². The highest BCUT2D eigenvalue weighted by Gasteiger charge is 2.45. The summed E-state index contributed by atoms with van der Waals surface area (Å²) in [6.07, 6.45) is 1.03. The van der Waals surface area contributed by atoms with Gasteiger partial charge in [-0.2, -0.15) is 18.6 Å². The minimum absolute atomic E-state index is 0.0493. The quantitative estimate of drug-likeness (QED) is 0.372. The molecule has 1 N–H and O–H groups in total. The molecule has 2 aromatic heterocycles. The molecule has 4 aromatic rings. The molecule has 0 atom stereocenters. The van der Waals surface area contributed by atoms with Crippen LogP contribution in [0.2, 0.25) is 0 Å². The second-order valence-corrected chi connectivity index (χ2v) is 8.10. The summed E-state index contributed by atoms with van der Waals surface area (Å²) in [5, 5.41) is 11.2. The van der Waals surface area contributed by atoms with Crippen LogP contribution in [0.4, 0.5) is 22.0 Å². The van der Waals surface area contributed by atoms with Crippen molar-refractivity contribution in [1.29, 1.82) is 0 Å². The molecule has 2 heterocycles. The molecule has 0 amide bonds. The highest BCUT2D eigenvalue weighted by atomic mass is 32.1. The van der Waals surface area contributed by atoms with Gasteiger partial charge in [-0.05, 0) is 31.2 Å². The van der Waals surface area contributed by atoms with Gasteiger partial charge in [-0.3, -0.25) is 4.57 Å². The molecule has 0 aliphatic rings. The number of thiazole rings is 1. The van der Waals surface area contributed by atoms with Crippen LogP contribution in [-0.2, 0) is 17.3 Å². The van der Waals surface area contributed by atoms with Gasteiger partial charge in [0.05, 0.1) is 17.9 Å². The summed E-state index contributed by atoms with van der Waals surface area (Å²) in [5.74, 6) is -9.74. The number of aliphatic carboxylic acids is 1. The molecule has 0 aliphatic carbocycles. The number of hydrogen-bond donors (Lipinski definition) is 1. The molecular formula is C21H13F5N4O4S. The van der Waals surface area contributed by atoms with Crippen molar-refractivity contribution in [3.8, 4) is 16.5 Å². The molecule has 14 heteroatoms. The van der Waals surface area contributed by atoms with E-state index in [-0.39, 0.29) is 33.3 Å². The zero-order valence-corrected chi connectivity index (χ0v) is 18.3. The number of carbonyl (C=O) groups is 1. The van der Waals surface area contributed by atoms with Gasteiger partial charge in [-0.1, -0.05) is 17.4 Å². The summed E-state index contributed by atoms with van der Waals surface area (Å²) in [4.78, 5) is 26.8. The molecule has 0 radical (unpaired) electrons. The van der Waals surface area contributed by atoms with Gasteiger partial charge in [0.1, 0.15) is 18.0 Å². The Morgan fingerprint density at radius 1 is 1.14 bits per heavy atom. The first-order valence-corrected chi connectivity index (χ1v) is 10.4. The molecule has 8 nitrogen and oxygen atoms in total. The highest BCUT2D eigenvalue weighted by molar-refractivity contribution is 7.13. The molecule has 0 bridgehead atoms. The zero-order chi connectivity index (χ0) is 25.5. The number of carboxylic acids is 1. The third-order valence-corrected chi connectivity index (χ3v) is 5.88. The van der Waals surface area contributed by atoms with Gasteiger partial charge in [0, 0.05) is 11.6 Å². The van der Waals surface area contributed by atoms with Crippen LogP contribution in [0.3, 0.4) is 0 Å². The van der Waals surface area contributed by atoms with Crippen molar-refractivity contribution in [3.63, 3.8) is 0 Å². The molecule has 0 saturated carbocycles. The fourth-order valence-electron chi connectivity index (χ4n) is 2.98. The summed E-state index contributed by atoms with van der Waals surface area (Å²) in [6, 6.07) is 6.47.